The van der Waals surface area contributed by atoms with Gasteiger partial charge in [-0.1, -0.05) is 48.5 Å². The van der Waals surface area contributed by atoms with Gasteiger partial charge in [0.05, 0.1) is 4.90 Å². The molecule has 2 aromatic carbocycles. The third-order valence-corrected chi connectivity index (χ3v) is 5.62. The molecule has 0 N–H and O–H groups in total. The molecule has 122 valence electrons. The second-order valence-electron chi connectivity index (χ2n) is 5.51. The molecule has 0 aliphatic carbocycles. The van der Waals surface area contributed by atoms with Crippen LogP contribution in [0.2, 0.25) is 0 Å². The molecule has 0 aliphatic heterocycles. The SMILES string of the molecule is CN(Cc1cccnc1)S(=O)(=O)c1ccc(-c2ccccc2)cc1. The number of hydrogen-bond donors (Lipinski definition) is 0. The summed E-state index contributed by atoms with van der Waals surface area (Å²) in [6.07, 6.45) is 3.34. The van der Waals surface area contributed by atoms with Crippen LogP contribution in [-0.4, -0.2) is 24.8 Å². The molecule has 0 atom stereocenters. The van der Waals surface area contributed by atoms with Crippen molar-refractivity contribution < 1.29 is 8.42 Å². The zero-order chi connectivity index (χ0) is 17.0. The molecule has 1 aromatic heterocycles. The van der Waals surface area contributed by atoms with Crippen LogP contribution >= 0.6 is 0 Å². The summed E-state index contributed by atoms with van der Waals surface area (Å²) in [6.45, 7) is 0.288. The fraction of sp³-hybridized carbons (Fsp3) is 0.105. The Balaban J connectivity index is 1.82. The van der Waals surface area contributed by atoms with Crippen molar-refractivity contribution in [3.05, 3.63) is 84.7 Å². The van der Waals surface area contributed by atoms with Crippen LogP contribution in [0.25, 0.3) is 11.1 Å². The van der Waals surface area contributed by atoms with Gasteiger partial charge in [-0.15, -0.1) is 0 Å². The van der Waals surface area contributed by atoms with Crippen molar-refractivity contribution in [2.75, 3.05) is 7.05 Å². The number of rotatable bonds is 5. The van der Waals surface area contributed by atoms with Crippen molar-refractivity contribution in [1.82, 2.24) is 9.29 Å². The van der Waals surface area contributed by atoms with Gasteiger partial charge in [0.15, 0.2) is 0 Å². The summed E-state index contributed by atoms with van der Waals surface area (Å²) in [7, 11) is -1.95. The molecule has 3 rings (SSSR count). The van der Waals surface area contributed by atoms with Crippen molar-refractivity contribution in [3.63, 3.8) is 0 Å². The number of hydrogen-bond acceptors (Lipinski definition) is 3. The molecule has 1 heterocycles. The molecule has 0 aliphatic rings. The van der Waals surface area contributed by atoms with Gasteiger partial charge in [0.1, 0.15) is 0 Å². The second-order valence-corrected chi connectivity index (χ2v) is 7.56. The molecule has 4 nitrogen and oxygen atoms in total. The monoisotopic (exact) mass is 338 g/mol. The first-order valence-electron chi connectivity index (χ1n) is 7.58. The molecule has 0 fully saturated rings. The Morgan fingerprint density at radius 1 is 0.875 bits per heavy atom. The van der Waals surface area contributed by atoms with Gasteiger partial charge in [0.25, 0.3) is 0 Å². The van der Waals surface area contributed by atoms with Gasteiger partial charge in [0.2, 0.25) is 10.0 Å². The molecule has 0 bridgehead atoms. The Hall–Kier alpha value is -2.50. The Kier molecular flexibility index (Phi) is 4.74. The number of benzene rings is 2. The number of aromatic nitrogens is 1. The van der Waals surface area contributed by atoms with Gasteiger partial charge >= 0.3 is 0 Å². The van der Waals surface area contributed by atoms with E-state index in [1.54, 1.807) is 37.6 Å². The molecule has 0 radical (unpaired) electrons. The lowest BCUT2D eigenvalue weighted by Gasteiger charge is -2.17. The summed E-state index contributed by atoms with van der Waals surface area (Å²) in [5.41, 5.74) is 2.90. The summed E-state index contributed by atoms with van der Waals surface area (Å²) >= 11 is 0. The highest BCUT2D eigenvalue weighted by Crippen LogP contribution is 2.23. The smallest absolute Gasteiger partial charge is 0.243 e. The standard InChI is InChI=1S/C19H18N2O2S/c1-21(15-16-6-5-13-20-14-16)24(22,23)19-11-9-18(10-12-19)17-7-3-2-4-8-17/h2-14H,15H2,1H3. The average molecular weight is 338 g/mol. The largest absolute Gasteiger partial charge is 0.264 e. The fourth-order valence-electron chi connectivity index (χ4n) is 2.46. The molecular weight excluding hydrogens is 320 g/mol. The molecule has 0 unspecified atom stereocenters. The van der Waals surface area contributed by atoms with E-state index in [1.807, 2.05) is 48.5 Å². The highest BCUT2D eigenvalue weighted by molar-refractivity contribution is 7.89. The molecule has 0 spiro atoms. The van der Waals surface area contributed by atoms with Gasteiger partial charge in [0, 0.05) is 26.0 Å². The first kappa shape index (κ1) is 16.4. The third-order valence-electron chi connectivity index (χ3n) is 3.80. The highest BCUT2D eigenvalue weighted by atomic mass is 32.2. The van der Waals surface area contributed by atoms with E-state index in [2.05, 4.69) is 4.98 Å². The Labute approximate surface area is 142 Å². The van der Waals surface area contributed by atoms with Crippen LogP contribution in [0.3, 0.4) is 0 Å². The van der Waals surface area contributed by atoms with Crippen LogP contribution in [0.1, 0.15) is 5.56 Å². The van der Waals surface area contributed by atoms with Gasteiger partial charge < -0.3 is 0 Å². The second kappa shape index (κ2) is 6.95. The van der Waals surface area contributed by atoms with E-state index < -0.39 is 10.0 Å². The molecule has 5 heteroatoms. The van der Waals surface area contributed by atoms with E-state index in [9.17, 15) is 8.42 Å². The number of pyridine rings is 1. The number of nitrogens with zero attached hydrogens (tertiary/aromatic N) is 2. The van der Waals surface area contributed by atoms with E-state index in [4.69, 9.17) is 0 Å². The van der Waals surface area contributed by atoms with Crippen LogP contribution in [0.15, 0.2) is 84.0 Å². The summed E-state index contributed by atoms with van der Waals surface area (Å²) in [5.74, 6) is 0. The lowest BCUT2D eigenvalue weighted by Crippen LogP contribution is -2.26. The van der Waals surface area contributed by atoms with Crippen molar-refractivity contribution in [2.45, 2.75) is 11.4 Å². The first-order valence-corrected chi connectivity index (χ1v) is 9.02. The van der Waals surface area contributed by atoms with Gasteiger partial charge in [-0.25, -0.2) is 8.42 Å². The maximum atomic E-state index is 12.7. The van der Waals surface area contributed by atoms with E-state index in [1.165, 1.54) is 4.31 Å². The Morgan fingerprint density at radius 3 is 2.17 bits per heavy atom. The maximum absolute atomic E-state index is 12.7. The predicted molar refractivity (Wildman–Crippen MR) is 94.8 cm³/mol. The summed E-state index contributed by atoms with van der Waals surface area (Å²) in [6, 6.07) is 20.5. The minimum Gasteiger partial charge on any atom is -0.264 e. The lowest BCUT2D eigenvalue weighted by molar-refractivity contribution is 0.466. The molecule has 0 saturated carbocycles. The van der Waals surface area contributed by atoms with Crippen LogP contribution in [0.4, 0.5) is 0 Å². The van der Waals surface area contributed by atoms with E-state index in [0.29, 0.717) is 0 Å². The quantitative estimate of drug-likeness (QED) is 0.714. The summed E-state index contributed by atoms with van der Waals surface area (Å²) < 4.78 is 26.7. The van der Waals surface area contributed by atoms with E-state index >= 15 is 0 Å². The zero-order valence-electron chi connectivity index (χ0n) is 13.3. The summed E-state index contributed by atoms with van der Waals surface area (Å²) in [5, 5.41) is 0. The van der Waals surface area contributed by atoms with E-state index in [0.717, 1.165) is 16.7 Å². The van der Waals surface area contributed by atoms with Gasteiger partial charge in [-0.3, -0.25) is 4.98 Å². The minimum atomic E-state index is -3.53. The number of sulfonamides is 1. The predicted octanol–water partition coefficient (Wildman–Crippen LogP) is 3.57. The van der Waals surface area contributed by atoms with Crippen LogP contribution < -0.4 is 0 Å². The fourth-order valence-corrected chi connectivity index (χ4v) is 3.62. The van der Waals surface area contributed by atoms with Crippen molar-refractivity contribution in [1.29, 1.82) is 0 Å². The van der Waals surface area contributed by atoms with Crippen LogP contribution in [-0.2, 0) is 16.6 Å². The van der Waals surface area contributed by atoms with E-state index in [-0.39, 0.29) is 11.4 Å². The Morgan fingerprint density at radius 2 is 1.54 bits per heavy atom. The first-order chi connectivity index (χ1) is 11.6. The lowest BCUT2D eigenvalue weighted by atomic mass is 10.1. The van der Waals surface area contributed by atoms with Crippen molar-refractivity contribution in [3.8, 4) is 11.1 Å². The van der Waals surface area contributed by atoms with Crippen molar-refractivity contribution >= 4 is 10.0 Å². The molecule has 3 aromatic rings. The topological polar surface area (TPSA) is 50.3 Å². The average Bonchev–Trinajstić information content (AvgIpc) is 2.63. The Bertz CT molecular complexity index is 893. The third kappa shape index (κ3) is 3.53. The molecule has 0 saturated heterocycles. The molecule has 0 amide bonds. The minimum absolute atomic E-state index is 0.286. The van der Waals surface area contributed by atoms with Crippen LogP contribution in [0.5, 0.6) is 0 Å². The van der Waals surface area contributed by atoms with Crippen molar-refractivity contribution in [2.24, 2.45) is 0 Å². The van der Waals surface area contributed by atoms with Gasteiger partial charge in [-0.2, -0.15) is 4.31 Å². The van der Waals surface area contributed by atoms with Crippen LogP contribution in [0, 0.1) is 0 Å². The maximum Gasteiger partial charge on any atom is 0.243 e. The highest BCUT2D eigenvalue weighted by Gasteiger charge is 2.20. The molecule has 24 heavy (non-hydrogen) atoms. The summed E-state index contributed by atoms with van der Waals surface area (Å²) in [4.78, 5) is 4.30. The normalized spacial score (nSPS) is 11.6. The van der Waals surface area contributed by atoms with Gasteiger partial charge in [-0.05, 0) is 34.9 Å². The zero-order valence-corrected chi connectivity index (χ0v) is 14.1. The molecular formula is C19H18N2O2S.